The molecular weight excluding hydrogens is 396 g/mol. The number of piperidine rings is 1. The summed E-state index contributed by atoms with van der Waals surface area (Å²) in [6.45, 7) is 2.53. The van der Waals surface area contributed by atoms with Crippen molar-refractivity contribution in [1.29, 1.82) is 0 Å². The average molecular weight is 417 g/mol. The van der Waals surface area contributed by atoms with Crippen molar-refractivity contribution in [3.05, 3.63) is 74.8 Å². The summed E-state index contributed by atoms with van der Waals surface area (Å²) in [6, 6.07) is 12.7. The number of benzene rings is 2. The molecule has 7 nitrogen and oxygen atoms in total. The van der Waals surface area contributed by atoms with Crippen LogP contribution in [0, 0.1) is 16.0 Å². The first-order chi connectivity index (χ1) is 13.8. The minimum atomic E-state index is -0.621. The molecule has 0 saturated carbocycles. The van der Waals surface area contributed by atoms with E-state index in [2.05, 4.69) is 0 Å². The maximum Gasteiger partial charge on any atom is 0.311 e. The number of halogens is 1. The summed E-state index contributed by atoms with van der Waals surface area (Å²) in [7, 11) is 0. The minimum Gasteiger partial charge on any atom is -0.458 e. The minimum absolute atomic E-state index is 0.0530. The smallest absolute Gasteiger partial charge is 0.311 e. The molecule has 0 aromatic heterocycles. The van der Waals surface area contributed by atoms with Gasteiger partial charge in [0.25, 0.3) is 11.6 Å². The van der Waals surface area contributed by atoms with Gasteiger partial charge in [0, 0.05) is 35.8 Å². The van der Waals surface area contributed by atoms with Gasteiger partial charge in [-0.15, -0.1) is 0 Å². The molecule has 3 rings (SSSR count). The second kappa shape index (κ2) is 9.05. The van der Waals surface area contributed by atoms with Crippen LogP contribution < -0.4 is 0 Å². The fourth-order valence-electron chi connectivity index (χ4n) is 3.36. The summed E-state index contributed by atoms with van der Waals surface area (Å²) in [5, 5.41) is 11.5. The molecule has 1 amide bonds. The molecule has 152 valence electrons. The molecule has 0 radical (unpaired) electrons. The highest BCUT2D eigenvalue weighted by molar-refractivity contribution is 6.30. The van der Waals surface area contributed by atoms with E-state index in [0.717, 1.165) is 0 Å². The number of hydrogen-bond donors (Lipinski definition) is 0. The Morgan fingerprint density at radius 1 is 1.24 bits per heavy atom. The van der Waals surface area contributed by atoms with Crippen molar-refractivity contribution in [2.24, 2.45) is 5.92 Å². The van der Waals surface area contributed by atoms with Crippen LogP contribution in [0.15, 0.2) is 48.5 Å². The Bertz CT molecular complexity index is 916. The number of amides is 1. The molecule has 0 unspecified atom stereocenters. The van der Waals surface area contributed by atoms with E-state index in [1.807, 2.05) is 0 Å². The van der Waals surface area contributed by atoms with Crippen LogP contribution in [0.4, 0.5) is 5.69 Å². The molecule has 8 heteroatoms. The van der Waals surface area contributed by atoms with E-state index in [1.165, 1.54) is 12.1 Å². The predicted molar refractivity (Wildman–Crippen MR) is 108 cm³/mol. The molecular formula is C21H21ClN2O5. The third kappa shape index (κ3) is 5.12. The van der Waals surface area contributed by atoms with Gasteiger partial charge in [-0.3, -0.25) is 19.7 Å². The highest BCUT2D eigenvalue weighted by Gasteiger charge is 2.31. The lowest BCUT2D eigenvalue weighted by atomic mass is 9.97. The molecule has 29 heavy (non-hydrogen) atoms. The Kier molecular flexibility index (Phi) is 6.49. The quantitative estimate of drug-likeness (QED) is 0.409. The summed E-state index contributed by atoms with van der Waals surface area (Å²) in [5.41, 5.74) is 1.02. The van der Waals surface area contributed by atoms with E-state index in [-0.39, 0.29) is 18.1 Å². The zero-order chi connectivity index (χ0) is 21.0. The van der Waals surface area contributed by atoms with Crippen molar-refractivity contribution in [3.63, 3.8) is 0 Å². The highest BCUT2D eigenvalue weighted by Crippen LogP contribution is 2.26. The van der Waals surface area contributed by atoms with Crippen LogP contribution in [-0.2, 0) is 9.53 Å². The van der Waals surface area contributed by atoms with E-state index >= 15 is 0 Å². The summed E-state index contributed by atoms with van der Waals surface area (Å²) >= 11 is 5.87. The van der Waals surface area contributed by atoms with Gasteiger partial charge in [0.1, 0.15) is 6.10 Å². The van der Waals surface area contributed by atoms with Crippen LogP contribution in [0.5, 0.6) is 0 Å². The zero-order valence-corrected chi connectivity index (χ0v) is 16.7. The lowest BCUT2D eigenvalue weighted by Gasteiger charge is -2.32. The molecule has 0 aliphatic carbocycles. The number of rotatable bonds is 5. The molecule has 0 spiro atoms. The number of nitrogens with zero attached hydrogens (tertiary/aromatic N) is 2. The number of nitro benzene ring substituents is 1. The normalized spacial score (nSPS) is 17.4. The monoisotopic (exact) mass is 416 g/mol. The van der Waals surface area contributed by atoms with Crippen LogP contribution in [0.3, 0.4) is 0 Å². The van der Waals surface area contributed by atoms with Crippen molar-refractivity contribution in [2.75, 3.05) is 13.1 Å². The Labute approximate surface area is 173 Å². The van der Waals surface area contributed by atoms with E-state index in [4.69, 9.17) is 16.3 Å². The van der Waals surface area contributed by atoms with Crippen LogP contribution in [0.2, 0.25) is 5.02 Å². The van der Waals surface area contributed by atoms with Gasteiger partial charge in [-0.2, -0.15) is 0 Å². The van der Waals surface area contributed by atoms with Gasteiger partial charge < -0.3 is 9.64 Å². The molecule has 2 aromatic rings. The Hall–Kier alpha value is -2.93. The highest BCUT2D eigenvalue weighted by atomic mass is 35.5. The van der Waals surface area contributed by atoms with Crippen LogP contribution >= 0.6 is 11.6 Å². The fourth-order valence-corrected chi connectivity index (χ4v) is 3.48. The second-order valence-electron chi connectivity index (χ2n) is 7.03. The number of ether oxygens (including phenoxy) is 1. The van der Waals surface area contributed by atoms with E-state index in [1.54, 1.807) is 48.2 Å². The third-order valence-electron chi connectivity index (χ3n) is 4.98. The molecule has 1 saturated heterocycles. The fraction of sp³-hybridized carbons (Fsp3) is 0.333. The van der Waals surface area contributed by atoms with Gasteiger partial charge in [-0.25, -0.2) is 0 Å². The first-order valence-corrected chi connectivity index (χ1v) is 9.72. The van der Waals surface area contributed by atoms with Crippen molar-refractivity contribution in [3.8, 4) is 0 Å². The Morgan fingerprint density at radius 2 is 1.97 bits per heavy atom. The summed E-state index contributed by atoms with van der Waals surface area (Å²) < 4.78 is 5.54. The number of non-ortho nitro benzene ring substituents is 1. The number of carbonyl (C=O) groups excluding carboxylic acids is 2. The van der Waals surface area contributed by atoms with Crippen LogP contribution in [0.1, 0.15) is 41.8 Å². The summed E-state index contributed by atoms with van der Waals surface area (Å²) in [5.74, 6) is -0.982. The third-order valence-corrected chi connectivity index (χ3v) is 5.23. The molecule has 1 heterocycles. The molecule has 0 bridgehead atoms. The van der Waals surface area contributed by atoms with Gasteiger partial charge >= 0.3 is 5.97 Å². The van der Waals surface area contributed by atoms with E-state index in [9.17, 15) is 19.7 Å². The van der Waals surface area contributed by atoms with Crippen molar-refractivity contribution in [1.82, 2.24) is 4.90 Å². The first-order valence-electron chi connectivity index (χ1n) is 9.35. The lowest BCUT2D eigenvalue weighted by Crippen LogP contribution is -2.42. The van der Waals surface area contributed by atoms with Gasteiger partial charge in [-0.1, -0.05) is 23.7 Å². The molecule has 1 aliphatic heterocycles. The van der Waals surface area contributed by atoms with Gasteiger partial charge in [0.2, 0.25) is 0 Å². The number of carbonyl (C=O) groups is 2. The van der Waals surface area contributed by atoms with Crippen LogP contribution in [0.25, 0.3) is 0 Å². The average Bonchev–Trinajstić information content (AvgIpc) is 2.74. The predicted octanol–water partition coefficient (Wildman–Crippen LogP) is 4.40. The van der Waals surface area contributed by atoms with Crippen molar-refractivity contribution < 1.29 is 19.2 Å². The maximum absolute atomic E-state index is 12.7. The molecule has 0 N–H and O–H groups in total. The largest absolute Gasteiger partial charge is 0.458 e. The Balaban J connectivity index is 1.63. The molecule has 1 aliphatic rings. The topological polar surface area (TPSA) is 89.8 Å². The number of likely N-dealkylation sites (tertiary alicyclic amines) is 1. The number of nitro groups is 1. The van der Waals surface area contributed by atoms with Gasteiger partial charge in [-0.05, 0) is 49.6 Å². The summed E-state index contributed by atoms with van der Waals surface area (Å²) in [6.07, 6.45) is 0.708. The van der Waals surface area contributed by atoms with E-state index < -0.39 is 22.9 Å². The SMILES string of the molecule is C[C@H](OC(=O)[C@@H]1CCCN(C(=O)c2ccc(Cl)cc2)C1)c1cccc([N+](=O)[O-])c1. The van der Waals surface area contributed by atoms with Crippen molar-refractivity contribution >= 4 is 29.2 Å². The van der Waals surface area contributed by atoms with Gasteiger partial charge in [0.05, 0.1) is 10.8 Å². The number of esters is 1. The first kappa shape index (κ1) is 20.8. The maximum atomic E-state index is 12.7. The molecule has 2 atom stereocenters. The number of hydrogen-bond acceptors (Lipinski definition) is 5. The lowest BCUT2D eigenvalue weighted by molar-refractivity contribution is -0.385. The van der Waals surface area contributed by atoms with E-state index in [0.29, 0.717) is 35.5 Å². The standard InChI is InChI=1S/C21H21ClN2O5/c1-14(16-4-2-6-19(12-16)24(27)28)29-21(26)17-5-3-11-23(13-17)20(25)15-7-9-18(22)10-8-15/h2,4,6-10,12,14,17H,3,5,11,13H2,1H3/t14-,17+/m0/s1. The summed E-state index contributed by atoms with van der Waals surface area (Å²) in [4.78, 5) is 37.4. The molecule has 1 fully saturated rings. The zero-order valence-electron chi connectivity index (χ0n) is 15.9. The van der Waals surface area contributed by atoms with Crippen LogP contribution in [-0.4, -0.2) is 34.8 Å². The van der Waals surface area contributed by atoms with Crippen molar-refractivity contribution in [2.45, 2.75) is 25.9 Å². The molecule has 2 aromatic carbocycles. The Morgan fingerprint density at radius 3 is 2.66 bits per heavy atom. The second-order valence-corrected chi connectivity index (χ2v) is 7.46. The van der Waals surface area contributed by atoms with Gasteiger partial charge in [0.15, 0.2) is 0 Å².